The molecule has 2 atom stereocenters. The van der Waals surface area contributed by atoms with E-state index in [1.54, 1.807) is 0 Å². The fraction of sp³-hybridized carbons (Fsp3) is 0.556. The fourth-order valence-corrected chi connectivity index (χ4v) is 3.48. The van der Waals surface area contributed by atoms with Gasteiger partial charge in [0.05, 0.1) is 11.1 Å². The summed E-state index contributed by atoms with van der Waals surface area (Å²) in [6.07, 6.45) is 1.52. The van der Waals surface area contributed by atoms with Crippen molar-refractivity contribution in [3.05, 3.63) is 30.0 Å². The van der Waals surface area contributed by atoms with E-state index in [0.29, 0.717) is 31.1 Å². The lowest BCUT2D eigenvalue weighted by atomic mass is 9.78. The zero-order valence-electron chi connectivity index (χ0n) is 14.0. The molecule has 2 aromatic rings. The van der Waals surface area contributed by atoms with Crippen LogP contribution < -0.4 is 0 Å². The van der Waals surface area contributed by atoms with Gasteiger partial charge in [0.15, 0.2) is 5.69 Å². The molecule has 0 saturated carbocycles. The van der Waals surface area contributed by atoms with Crippen molar-refractivity contribution >= 4 is 16.8 Å². The third-order valence-corrected chi connectivity index (χ3v) is 4.92. The summed E-state index contributed by atoms with van der Waals surface area (Å²) in [6, 6.07) is 7.67. The number of carbonyl (C=O) groups excluding carboxylic acids is 1. The first-order valence-electron chi connectivity index (χ1n) is 8.33. The number of amides is 1. The molecule has 0 aliphatic carbocycles. The van der Waals surface area contributed by atoms with Gasteiger partial charge in [-0.25, -0.2) is 0 Å². The van der Waals surface area contributed by atoms with Crippen LogP contribution in [0.2, 0.25) is 0 Å². The third-order valence-electron chi connectivity index (χ3n) is 4.92. The van der Waals surface area contributed by atoms with Gasteiger partial charge in [-0.05, 0) is 31.7 Å². The van der Waals surface area contributed by atoms with Crippen molar-refractivity contribution in [1.29, 1.82) is 0 Å². The summed E-state index contributed by atoms with van der Waals surface area (Å²) in [5.41, 5.74) is 0.651. The largest absolute Gasteiger partial charge is 0.390 e. The Morgan fingerprint density at radius 1 is 1.48 bits per heavy atom. The molecule has 1 fully saturated rings. The molecule has 0 bridgehead atoms. The van der Waals surface area contributed by atoms with Crippen LogP contribution in [0.3, 0.4) is 0 Å². The number of H-pyrrole nitrogens is 1. The molecule has 2 heterocycles. The molecule has 1 aliphatic rings. The molecule has 1 aromatic carbocycles. The van der Waals surface area contributed by atoms with Crippen LogP contribution >= 0.6 is 0 Å². The molecule has 1 saturated heterocycles. The van der Waals surface area contributed by atoms with E-state index >= 15 is 0 Å². The predicted molar refractivity (Wildman–Crippen MR) is 90.2 cm³/mol. The number of nitrogens with zero attached hydrogens (tertiary/aromatic N) is 2. The highest BCUT2D eigenvalue weighted by atomic mass is 16.3. The van der Waals surface area contributed by atoms with Crippen LogP contribution in [-0.2, 0) is 0 Å². The van der Waals surface area contributed by atoms with E-state index in [9.17, 15) is 9.90 Å². The quantitative estimate of drug-likeness (QED) is 0.915. The van der Waals surface area contributed by atoms with E-state index < -0.39 is 5.60 Å². The van der Waals surface area contributed by atoms with Gasteiger partial charge in [0.25, 0.3) is 5.91 Å². The summed E-state index contributed by atoms with van der Waals surface area (Å²) in [5, 5.41) is 18.6. The number of hydrogen-bond donors (Lipinski definition) is 2. The van der Waals surface area contributed by atoms with Crippen LogP contribution in [0.1, 0.15) is 44.1 Å². The second kappa shape index (κ2) is 5.96. The predicted octanol–water partition coefficient (Wildman–Crippen LogP) is 2.82. The van der Waals surface area contributed by atoms with E-state index in [4.69, 9.17) is 0 Å². The average molecular weight is 315 g/mol. The number of aliphatic hydroxyl groups is 1. The summed E-state index contributed by atoms with van der Waals surface area (Å²) in [4.78, 5) is 14.7. The maximum absolute atomic E-state index is 12.9. The van der Waals surface area contributed by atoms with Gasteiger partial charge in [0.1, 0.15) is 0 Å². The monoisotopic (exact) mass is 315 g/mol. The highest BCUT2D eigenvalue weighted by Gasteiger charge is 2.39. The second-order valence-corrected chi connectivity index (χ2v) is 7.30. The minimum absolute atomic E-state index is 0.0493. The minimum Gasteiger partial charge on any atom is -0.390 e. The van der Waals surface area contributed by atoms with Crippen LogP contribution in [0.4, 0.5) is 0 Å². The number of nitrogens with one attached hydrogen (secondary N) is 1. The zero-order chi connectivity index (χ0) is 16.6. The van der Waals surface area contributed by atoms with Gasteiger partial charge < -0.3 is 10.0 Å². The molecular formula is C18H25N3O2. The number of benzene rings is 1. The first-order valence-corrected chi connectivity index (χ1v) is 8.33. The molecule has 23 heavy (non-hydrogen) atoms. The van der Waals surface area contributed by atoms with E-state index in [-0.39, 0.29) is 11.8 Å². The number of aromatic nitrogens is 2. The molecule has 2 N–H and O–H groups in total. The van der Waals surface area contributed by atoms with Gasteiger partial charge in [-0.3, -0.25) is 9.89 Å². The Hall–Kier alpha value is -1.88. The first-order chi connectivity index (χ1) is 10.9. The van der Waals surface area contributed by atoms with E-state index in [0.717, 1.165) is 17.3 Å². The van der Waals surface area contributed by atoms with Crippen molar-refractivity contribution in [2.75, 3.05) is 13.1 Å². The Kier molecular flexibility index (Phi) is 4.15. The smallest absolute Gasteiger partial charge is 0.275 e. The minimum atomic E-state index is -0.700. The standard InChI is InChI=1S/C18H25N3O2/c1-12(2)10-13-11-21(9-8-18(13,3)23)17(22)16-14-6-4-5-7-15(14)19-20-16/h4-7,12-13,23H,8-11H2,1-3H3,(H,19,20)/t13-,18+/m1/s1. The maximum atomic E-state index is 12.9. The Labute approximate surface area is 136 Å². The van der Waals surface area contributed by atoms with E-state index in [1.165, 1.54) is 0 Å². The van der Waals surface area contributed by atoms with Gasteiger partial charge in [0, 0.05) is 24.4 Å². The van der Waals surface area contributed by atoms with Crippen LogP contribution in [0, 0.1) is 11.8 Å². The number of carbonyl (C=O) groups is 1. The van der Waals surface area contributed by atoms with Gasteiger partial charge in [0.2, 0.25) is 0 Å². The van der Waals surface area contributed by atoms with Crippen molar-refractivity contribution < 1.29 is 9.90 Å². The van der Waals surface area contributed by atoms with Crippen molar-refractivity contribution in [3.63, 3.8) is 0 Å². The Morgan fingerprint density at radius 2 is 2.22 bits per heavy atom. The maximum Gasteiger partial charge on any atom is 0.275 e. The Morgan fingerprint density at radius 3 is 2.96 bits per heavy atom. The van der Waals surface area contributed by atoms with Crippen LogP contribution in [-0.4, -0.2) is 44.8 Å². The van der Waals surface area contributed by atoms with Crippen molar-refractivity contribution in [2.45, 2.75) is 39.2 Å². The lowest BCUT2D eigenvalue weighted by Gasteiger charge is -2.43. The molecule has 1 aromatic heterocycles. The van der Waals surface area contributed by atoms with Gasteiger partial charge in [-0.1, -0.05) is 32.0 Å². The lowest BCUT2D eigenvalue weighted by molar-refractivity contribution is -0.0577. The van der Waals surface area contributed by atoms with E-state index in [1.807, 2.05) is 36.1 Å². The van der Waals surface area contributed by atoms with Crippen molar-refractivity contribution in [3.8, 4) is 0 Å². The van der Waals surface area contributed by atoms with Gasteiger partial charge >= 0.3 is 0 Å². The summed E-state index contributed by atoms with van der Waals surface area (Å²) < 4.78 is 0. The summed E-state index contributed by atoms with van der Waals surface area (Å²) >= 11 is 0. The Balaban J connectivity index is 1.82. The average Bonchev–Trinajstić information content (AvgIpc) is 2.92. The molecular weight excluding hydrogens is 290 g/mol. The topological polar surface area (TPSA) is 69.2 Å². The SMILES string of the molecule is CC(C)C[C@@H]1CN(C(=O)c2n[nH]c3ccccc23)CC[C@]1(C)O. The fourth-order valence-electron chi connectivity index (χ4n) is 3.48. The van der Waals surface area contributed by atoms with Gasteiger partial charge in [-0.15, -0.1) is 0 Å². The number of para-hydroxylation sites is 1. The molecule has 0 unspecified atom stereocenters. The normalized spacial score (nSPS) is 25.3. The number of rotatable bonds is 3. The molecule has 1 aliphatic heterocycles. The Bertz CT molecular complexity index is 705. The summed E-state index contributed by atoms with van der Waals surface area (Å²) in [7, 11) is 0. The molecule has 0 radical (unpaired) electrons. The molecule has 5 nitrogen and oxygen atoms in total. The number of aromatic amines is 1. The van der Waals surface area contributed by atoms with Crippen molar-refractivity contribution in [1.82, 2.24) is 15.1 Å². The summed E-state index contributed by atoms with van der Waals surface area (Å²) in [6.45, 7) is 7.36. The number of hydrogen-bond acceptors (Lipinski definition) is 3. The van der Waals surface area contributed by atoms with Crippen molar-refractivity contribution in [2.24, 2.45) is 11.8 Å². The molecule has 5 heteroatoms. The molecule has 0 spiro atoms. The van der Waals surface area contributed by atoms with Crippen LogP contribution in [0.15, 0.2) is 24.3 Å². The number of likely N-dealkylation sites (tertiary alicyclic amines) is 1. The van der Waals surface area contributed by atoms with E-state index in [2.05, 4.69) is 24.0 Å². The van der Waals surface area contributed by atoms with Gasteiger partial charge in [-0.2, -0.15) is 5.10 Å². The number of piperidine rings is 1. The second-order valence-electron chi connectivity index (χ2n) is 7.30. The van der Waals surface area contributed by atoms with Crippen LogP contribution in [0.5, 0.6) is 0 Å². The zero-order valence-corrected chi connectivity index (χ0v) is 14.0. The third kappa shape index (κ3) is 3.11. The number of fused-ring (bicyclic) bond motifs is 1. The van der Waals surface area contributed by atoms with Crippen LogP contribution in [0.25, 0.3) is 10.9 Å². The first kappa shape index (κ1) is 16.0. The lowest BCUT2D eigenvalue weighted by Crippen LogP contribution is -2.52. The molecule has 3 rings (SSSR count). The highest BCUT2D eigenvalue weighted by Crippen LogP contribution is 2.33. The molecule has 124 valence electrons. The summed E-state index contributed by atoms with van der Waals surface area (Å²) in [5.74, 6) is 0.546. The highest BCUT2D eigenvalue weighted by molar-refractivity contribution is 6.04. The molecule has 1 amide bonds.